The zero-order chi connectivity index (χ0) is 13.0. The molecule has 96 valence electrons. The van der Waals surface area contributed by atoms with Gasteiger partial charge in [0.15, 0.2) is 0 Å². The Bertz CT molecular complexity index is 474. The van der Waals surface area contributed by atoms with Crippen LogP contribution in [-0.2, 0) is 0 Å². The highest BCUT2D eigenvalue weighted by molar-refractivity contribution is 7.08. The van der Waals surface area contributed by atoms with Crippen LogP contribution in [-0.4, -0.2) is 21.3 Å². The highest BCUT2D eigenvalue weighted by Crippen LogP contribution is 2.30. The lowest BCUT2D eigenvalue weighted by atomic mass is 10.0. The van der Waals surface area contributed by atoms with Crippen LogP contribution in [0.15, 0.2) is 35.0 Å². The van der Waals surface area contributed by atoms with Crippen molar-refractivity contribution in [2.75, 3.05) is 21.3 Å². The number of hydrogen-bond donors (Lipinski definition) is 1. The van der Waals surface area contributed by atoms with E-state index < -0.39 is 0 Å². The fourth-order valence-corrected chi connectivity index (χ4v) is 2.65. The Morgan fingerprint density at radius 3 is 2.17 bits per heavy atom. The van der Waals surface area contributed by atoms with Crippen LogP contribution in [0.3, 0.4) is 0 Å². The van der Waals surface area contributed by atoms with Crippen molar-refractivity contribution in [3.8, 4) is 11.5 Å². The molecule has 1 heterocycles. The fraction of sp³-hybridized carbons (Fsp3) is 0.286. The lowest BCUT2D eigenvalue weighted by Gasteiger charge is -2.17. The maximum atomic E-state index is 5.30. The predicted octanol–water partition coefficient (Wildman–Crippen LogP) is 3.07. The number of methoxy groups -OCH3 is 2. The Hall–Kier alpha value is -1.52. The SMILES string of the molecule is CNC(c1ccsc1)c1cc(OC)cc(OC)c1. The van der Waals surface area contributed by atoms with Gasteiger partial charge >= 0.3 is 0 Å². The van der Waals surface area contributed by atoms with E-state index >= 15 is 0 Å². The summed E-state index contributed by atoms with van der Waals surface area (Å²) in [6.07, 6.45) is 0. The third kappa shape index (κ3) is 2.66. The predicted molar refractivity (Wildman–Crippen MR) is 74.8 cm³/mol. The fourth-order valence-electron chi connectivity index (χ4n) is 1.96. The molecule has 0 amide bonds. The average Bonchev–Trinajstić information content (AvgIpc) is 2.93. The van der Waals surface area contributed by atoms with Crippen molar-refractivity contribution >= 4 is 11.3 Å². The summed E-state index contributed by atoms with van der Waals surface area (Å²) >= 11 is 1.70. The van der Waals surface area contributed by atoms with Gasteiger partial charge in [0, 0.05) is 6.07 Å². The molecule has 0 fully saturated rings. The van der Waals surface area contributed by atoms with E-state index in [2.05, 4.69) is 22.1 Å². The number of rotatable bonds is 5. The van der Waals surface area contributed by atoms with Crippen molar-refractivity contribution in [3.05, 3.63) is 46.2 Å². The second kappa shape index (κ2) is 5.89. The number of nitrogens with one attached hydrogen (secondary N) is 1. The molecule has 3 nitrogen and oxygen atoms in total. The number of ether oxygens (including phenoxy) is 2. The van der Waals surface area contributed by atoms with Gasteiger partial charge in [0.2, 0.25) is 0 Å². The van der Waals surface area contributed by atoms with Gasteiger partial charge in [-0.25, -0.2) is 0 Å². The first-order chi connectivity index (χ1) is 8.78. The maximum Gasteiger partial charge on any atom is 0.122 e. The van der Waals surface area contributed by atoms with E-state index in [0.29, 0.717) is 0 Å². The molecule has 2 aromatic rings. The van der Waals surface area contributed by atoms with Crippen LogP contribution in [0.25, 0.3) is 0 Å². The molecule has 1 aromatic heterocycles. The Kier molecular flexibility index (Phi) is 4.23. The molecule has 0 saturated heterocycles. The molecule has 18 heavy (non-hydrogen) atoms. The van der Waals surface area contributed by atoms with Crippen molar-refractivity contribution in [1.29, 1.82) is 0 Å². The van der Waals surface area contributed by atoms with Crippen LogP contribution in [0.2, 0.25) is 0 Å². The summed E-state index contributed by atoms with van der Waals surface area (Å²) in [5, 5.41) is 7.55. The average molecular weight is 263 g/mol. The van der Waals surface area contributed by atoms with Gasteiger partial charge in [0.25, 0.3) is 0 Å². The van der Waals surface area contributed by atoms with E-state index in [1.54, 1.807) is 25.6 Å². The first-order valence-electron chi connectivity index (χ1n) is 5.70. The van der Waals surface area contributed by atoms with Crippen LogP contribution >= 0.6 is 11.3 Å². The zero-order valence-corrected chi connectivity index (χ0v) is 11.6. The van der Waals surface area contributed by atoms with Gasteiger partial charge in [0.1, 0.15) is 11.5 Å². The first kappa shape index (κ1) is 12.9. The molecule has 1 aromatic carbocycles. The molecule has 0 radical (unpaired) electrons. The molecular formula is C14H17NO2S. The second-order valence-electron chi connectivity index (χ2n) is 3.92. The number of thiophene rings is 1. The van der Waals surface area contributed by atoms with Gasteiger partial charge in [0.05, 0.1) is 20.3 Å². The molecule has 4 heteroatoms. The van der Waals surface area contributed by atoms with E-state index in [9.17, 15) is 0 Å². The van der Waals surface area contributed by atoms with Crippen LogP contribution in [0, 0.1) is 0 Å². The normalized spacial score (nSPS) is 12.2. The minimum Gasteiger partial charge on any atom is -0.497 e. The van der Waals surface area contributed by atoms with Gasteiger partial charge < -0.3 is 14.8 Å². The molecule has 1 atom stereocenters. The quantitative estimate of drug-likeness (QED) is 0.899. The first-order valence-corrected chi connectivity index (χ1v) is 6.65. The number of hydrogen-bond acceptors (Lipinski definition) is 4. The summed E-state index contributed by atoms with van der Waals surface area (Å²) in [6, 6.07) is 8.21. The molecule has 0 spiro atoms. The van der Waals surface area contributed by atoms with E-state index in [-0.39, 0.29) is 6.04 Å². The molecule has 0 bridgehead atoms. The minimum absolute atomic E-state index is 0.153. The summed E-state index contributed by atoms with van der Waals surface area (Å²) in [7, 11) is 5.28. The summed E-state index contributed by atoms with van der Waals surface area (Å²) in [5.74, 6) is 1.61. The highest BCUT2D eigenvalue weighted by atomic mass is 32.1. The maximum absolute atomic E-state index is 5.30. The topological polar surface area (TPSA) is 30.5 Å². The monoisotopic (exact) mass is 263 g/mol. The van der Waals surface area contributed by atoms with Crippen molar-refractivity contribution in [1.82, 2.24) is 5.32 Å². The summed E-state index contributed by atoms with van der Waals surface area (Å²) < 4.78 is 10.6. The van der Waals surface area contributed by atoms with E-state index in [1.165, 1.54) is 5.56 Å². The summed E-state index contributed by atoms with van der Waals surface area (Å²) in [5.41, 5.74) is 2.38. The smallest absolute Gasteiger partial charge is 0.122 e. The van der Waals surface area contributed by atoms with Gasteiger partial charge in [-0.3, -0.25) is 0 Å². The van der Waals surface area contributed by atoms with Crippen molar-refractivity contribution in [2.45, 2.75) is 6.04 Å². The third-order valence-electron chi connectivity index (χ3n) is 2.87. The Balaban J connectivity index is 2.41. The van der Waals surface area contributed by atoms with E-state index in [4.69, 9.17) is 9.47 Å². The molecule has 1 unspecified atom stereocenters. The lowest BCUT2D eigenvalue weighted by molar-refractivity contribution is 0.392. The van der Waals surface area contributed by atoms with Crippen LogP contribution < -0.4 is 14.8 Å². The van der Waals surface area contributed by atoms with Gasteiger partial charge in [-0.1, -0.05) is 0 Å². The minimum atomic E-state index is 0.153. The van der Waals surface area contributed by atoms with Crippen LogP contribution in [0.4, 0.5) is 0 Å². The Morgan fingerprint density at radius 2 is 1.72 bits per heavy atom. The third-order valence-corrected chi connectivity index (χ3v) is 3.57. The Morgan fingerprint density at radius 1 is 1.06 bits per heavy atom. The lowest BCUT2D eigenvalue weighted by Crippen LogP contribution is -2.17. The summed E-state index contributed by atoms with van der Waals surface area (Å²) in [6.45, 7) is 0. The molecular weight excluding hydrogens is 246 g/mol. The summed E-state index contributed by atoms with van der Waals surface area (Å²) in [4.78, 5) is 0. The molecule has 0 aliphatic heterocycles. The highest BCUT2D eigenvalue weighted by Gasteiger charge is 2.14. The molecule has 0 aliphatic carbocycles. The van der Waals surface area contributed by atoms with Gasteiger partial charge in [-0.05, 0) is 47.1 Å². The molecule has 1 N–H and O–H groups in total. The van der Waals surface area contributed by atoms with Gasteiger partial charge in [-0.2, -0.15) is 11.3 Å². The Labute approximate surface area is 111 Å². The largest absolute Gasteiger partial charge is 0.497 e. The van der Waals surface area contributed by atoms with E-state index in [0.717, 1.165) is 17.1 Å². The molecule has 0 saturated carbocycles. The molecule has 0 aliphatic rings. The van der Waals surface area contributed by atoms with Crippen LogP contribution in [0.5, 0.6) is 11.5 Å². The van der Waals surface area contributed by atoms with Gasteiger partial charge in [-0.15, -0.1) is 0 Å². The van der Waals surface area contributed by atoms with Crippen molar-refractivity contribution < 1.29 is 9.47 Å². The van der Waals surface area contributed by atoms with Crippen LogP contribution in [0.1, 0.15) is 17.2 Å². The standard InChI is InChI=1S/C14H17NO2S/c1-15-14(10-4-5-18-9-10)11-6-12(16-2)8-13(7-11)17-3/h4-9,14-15H,1-3H3. The van der Waals surface area contributed by atoms with E-state index in [1.807, 2.05) is 25.2 Å². The molecule has 2 rings (SSSR count). The number of benzene rings is 1. The van der Waals surface area contributed by atoms with Crippen molar-refractivity contribution in [2.24, 2.45) is 0 Å². The second-order valence-corrected chi connectivity index (χ2v) is 4.70. The van der Waals surface area contributed by atoms with Crippen molar-refractivity contribution in [3.63, 3.8) is 0 Å². The zero-order valence-electron chi connectivity index (χ0n) is 10.8.